The number of carbonyl (C=O) groups is 1. The van der Waals surface area contributed by atoms with E-state index in [1.54, 1.807) is 6.20 Å². The Morgan fingerprint density at radius 2 is 1.94 bits per heavy atom. The van der Waals surface area contributed by atoms with Gasteiger partial charge in [-0.05, 0) is 64.4 Å². The molecule has 1 aliphatic heterocycles. The van der Waals surface area contributed by atoms with Gasteiger partial charge in [-0.1, -0.05) is 6.07 Å². The molecule has 8 nitrogen and oxygen atoms in total. The average molecular weight is 461 g/mol. The van der Waals surface area contributed by atoms with Crippen molar-refractivity contribution in [2.45, 2.75) is 47.2 Å². The average Bonchev–Trinajstić information content (AvgIpc) is 3.53. The van der Waals surface area contributed by atoms with Gasteiger partial charge >= 0.3 is 0 Å². The summed E-state index contributed by atoms with van der Waals surface area (Å²) in [4.78, 5) is 20.6. The van der Waals surface area contributed by atoms with Crippen molar-refractivity contribution in [1.82, 2.24) is 19.7 Å². The molecule has 0 saturated carbocycles. The number of hydrogen-bond acceptors (Lipinski definition) is 6. The van der Waals surface area contributed by atoms with E-state index in [1.807, 2.05) is 74.5 Å². The van der Waals surface area contributed by atoms with Crippen molar-refractivity contribution in [3.8, 4) is 22.8 Å². The Morgan fingerprint density at radius 1 is 1.15 bits per heavy atom. The second kappa shape index (κ2) is 8.52. The molecule has 0 radical (unpaired) electrons. The van der Waals surface area contributed by atoms with Crippen molar-refractivity contribution in [2.24, 2.45) is 0 Å². The number of aryl methyl sites for hydroxylation is 2. The van der Waals surface area contributed by atoms with Crippen LogP contribution in [-0.4, -0.2) is 38.9 Å². The molecule has 1 aliphatic rings. The summed E-state index contributed by atoms with van der Waals surface area (Å²) in [7, 11) is 0. The van der Waals surface area contributed by atoms with Gasteiger partial charge in [0.15, 0.2) is 17.1 Å². The molecule has 3 aromatic heterocycles. The van der Waals surface area contributed by atoms with Crippen LogP contribution in [-0.2, 0) is 6.54 Å². The van der Waals surface area contributed by atoms with Crippen LogP contribution in [0.3, 0.4) is 0 Å². The molecule has 0 fully saturated rings. The molecule has 0 aliphatic carbocycles. The SMILES string of the molecule is CCN(Cc1ccc2c(c1)OCO2)C(=O)c1cc(-c2cc(C)oc2C)nc2c1cnn2C(C)C. The van der Waals surface area contributed by atoms with E-state index in [-0.39, 0.29) is 18.7 Å². The largest absolute Gasteiger partial charge is 0.466 e. The summed E-state index contributed by atoms with van der Waals surface area (Å²) >= 11 is 0. The zero-order valence-electron chi connectivity index (χ0n) is 20.1. The van der Waals surface area contributed by atoms with Gasteiger partial charge in [-0.25, -0.2) is 9.67 Å². The molecule has 176 valence electrons. The van der Waals surface area contributed by atoms with Gasteiger partial charge in [0.2, 0.25) is 6.79 Å². The molecular weight excluding hydrogens is 432 g/mol. The summed E-state index contributed by atoms with van der Waals surface area (Å²) in [5.41, 5.74) is 3.82. The van der Waals surface area contributed by atoms with Crippen LogP contribution in [0.5, 0.6) is 11.5 Å². The third-order valence-corrected chi connectivity index (χ3v) is 6.08. The fourth-order valence-corrected chi connectivity index (χ4v) is 4.35. The maximum absolute atomic E-state index is 13.9. The van der Waals surface area contributed by atoms with Gasteiger partial charge in [-0.3, -0.25) is 4.79 Å². The highest BCUT2D eigenvalue weighted by molar-refractivity contribution is 6.06. The van der Waals surface area contributed by atoms with E-state index in [0.717, 1.165) is 33.8 Å². The molecule has 0 bridgehead atoms. The smallest absolute Gasteiger partial charge is 0.255 e. The van der Waals surface area contributed by atoms with Crippen molar-refractivity contribution in [1.29, 1.82) is 0 Å². The van der Waals surface area contributed by atoms with Gasteiger partial charge in [-0.15, -0.1) is 0 Å². The van der Waals surface area contributed by atoms with Crippen molar-refractivity contribution >= 4 is 16.9 Å². The number of aromatic nitrogens is 3. The molecule has 4 heterocycles. The van der Waals surface area contributed by atoms with E-state index >= 15 is 0 Å². The Labute approximate surface area is 198 Å². The maximum atomic E-state index is 13.9. The number of pyridine rings is 1. The predicted octanol–water partition coefficient (Wildman–Crippen LogP) is 5.28. The van der Waals surface area contributed by atoms with Crippen LogP contribution in [0.1, 0.15) is 54.3 Å². The summed E-state index contributed by atoms with van der Waals surface area (Å²) < 4.78 is 18.5. The van der Waals surface area contributed by atoms with Gasteiger partial charge in [0.05, 0.1) is 22.8 Å². The van der Waals surface area contributed by atoms with Crippen LogP contribution < -0.4 is 9.47 Å². The lowest BCUT2D eigenvalue weighted by Gasteiger charge is -2.22. The van der Waals surface area contributed by atoms with E-state index in [2.05, 4.69) is 5.10 Å². The Bertz CT molecular complexity index is 1390. The van der Waals surface area contributed by atoms with Crippen molar-refractivity contribution in [3.63, 3.8) is 0 Å². The number of furan rings is 1. The Morgan fingerprint density at radius 3 is 2.65 bits per heavy atom. The van der Waals surface area contributed by atoms with Crippen LogP contribution in [0.25, 0.3) is 22.3 Å². The highest BCUT2D eigenvalue weighted by Crippen LogP contribution is 2.34. The minimum absolute atomic E-state index is 0.0741. The molecule has 1 aromatic carbocycles. The first kappa shape index (κ1) is 22.0. The molecule has 0 N–H and O–H groups in total. The van der Waals surface area contributed by atoms with Gasteiger partial charge in [0, 0.05) is 24.7 Å². The summed E-state index contributed by atoms with van der Waals surface area (Å²) in [6.45, 7) is 11.1. The summed E-state index contributed by atoms with van der Waals surface area (Å²) in [5, 5.41) is 5.28. The van der Waals surface area contributed by atoms with Crippen LogP contribution in [0, 0.1) is 13.8 Å². The molecule has 4 aromatic rings. The van der Waals surface area contributed by atoms with Crippen LogP contribution in [0.4, 0.5) is 0 Å². The third kappa shape index (κ3) is 3.79. The Kier molecular flexibility index (Phi) is 5.51. The second-order valence-electron chi connectivity index (χ2n) is 8.81. The van der Waals surface area contributed by atoms with Crippen molar-refractivity contribution < 1.29 is 18.7 Å². The fraction of sp³-hybridized carbons (Fsp3) is 0.346. The molecule has 0 unspecified atom stereocenters. The fourth-order valence-electron chi connectivity index (χ4n) is 4.35. The Hall–Kier alpha value is -3.81. The molecule has 0 atom stereocenters. The highest BCUT2D eigenvalue weighted by Gasteiger charge is 2.24. The molecule has 0 saturated heterocycles. The molecule has 1 amide bonds. The first-order valence-corrected chi connectivity index (χ1v) is 11.5. The number of nitrogens with zero attached hydrogens (tertiary/aromatic N) is 4. The van der Waals surface area contributed by atoms with Crippen molar-refractivity contribution in [3.05, 3.63) is 59.2 Å². The normalized spacial score (nSPS) is 12.6. The summed E-state index contributed by atoms with van der Waals surface area (Å²) in [5.74, 6) is 2.93. The van der Waals surface area contributed by atoms with E-state index in [0.29, 0.717) is 35.7 Å². The summed E-state index contributed by atoms with van der Waals surface area (Å²) in [6.07, 6.45) is 1.74. The van der Waals surface area contributed by atoms with Crippen LogP contribution in [0.15, 0.2) is 40.9 Å². The zero-order valence-corrected chi connectivity index (χ0v) is 20.1. The molecular formula is C26H28N4O4. The number of fused-ring (bicyclic) bond motifs is 2. The zero-order chi connectivity index (χ0) is 24.0. The van der Waals surface area contributed by atoms with E-state index in [1.165, 1.54) is 0 Å². The van der Waals surface area contributed by atoms with Gasteiger partial charge < -0.3 is 18.8 Å². The Balaban J connectivity index is 1.58. The summed E-state index contributed by atoms with van der Waals surface area (Å²) in [6, 6.07) is 9.70. The van der Waals surface area contributed by atoms with Gasteiger partial charge in [0.1, 0.15) is 11.5 Å². The second-order valence-corrected chi connectivity index (χ2v) is 8.81. The lowest BCUT2D eigenvalue weighted by atomic mass is 10.1. The van der Waals surface area contributed by atoms with E-state index in [4.69, 9.17) is 18.9 Å². The number of ether oxygens (including phenoxy) is 2. The first-order chi connectivity index (χ1) is 16.4. The van der Waals surface area contributed by atoms with Gasteiger partial charge in [-0.2, -0.15) is 5.10 Å². The number of benzene rings is 1. The minimum atomic E-state index is -0.0741. The van der Waals surface area contributed by atoms with E-state index in [9.17, 15) is 4.79 Å². The van der Waals surface area contributed by atoms with Gasteiger partial charge in [0.25, 0.3) is 5.91 Å². The monoisotopic (exact) mass is 460 g/mol. The molecule has 8 heteroatoms. The molecule has 0 spiro atoms. The lowest BCUT2D eigenvalue weighted by Crippen LogP contribution is -2.30. The number of carbonyl (C=O) groups excluding carboxylic acids is 1. The first-order valence-electron chi connectivity index (χ1n) is 11.5. The molecule has 5 rings (SSSR count). The van der Waals surface area contributed by atoms with Crippen LogP contribution in [0.2, 0.25) is 0 Å². The quantitative estimate of drug-likeness (QED) is 0.389. The third-order valence-electron chi connectivity index (χ3n) is 6.08. The van der Waals surface area contributed by atoms with Crippen LogP contribution >= 0.6 is 0 Å². The minimum Gasteiger partial charge on any atom is -0.466 e. The standard InChI is InChI=1S/C26H28N4O4/c1-6-29(13-18-7-8-23-24(10-18)33-14-32-23)26(31)20-11-22(19-9-16(4)34-17(19)5)28-25-21(20)12-27-30(25)15(2)3/h7-12,15H,6,13-14H2,1-5H3. The highest BCUT2D eigenvalue weighted by atomic mass is 16.7. The molecule has 34 heavy (non-hydrogen) atoms. The number of hydrogen-bond donors (Lipinski definition) is 0. The predicted molar refractivity (Wildman–Crippen MR) is 128 cm³/mol. The maximum Gasteiger partial charge on any atom is 0.255 e. The number of rotatable bonds is 6. The van der Waals surface area contributed by atoms with E-state index < -0.39 is 0 Å². The lowest BCUT2D eigenvalue weighted by molar-refractivity contribution is 0.0754. The number of amides is 1. The van der Waals surface area contributed by atoms with Crippen molar-refractivity contribution in [2.75, 3.05) is 13.3 Å². The topological polar surface area (TPSA) is 82.6 Å².